The third-order valence-corrected chi connectivity index (χ3v) is 3.98. The Hall–Kier alpha value is -1.85. The Labute approximate surface area is 117 Å². The zero-order valence-electron chi connectivity index (χ0n) is 11.2. The molecule has 1 saturated heterocycles. The number of carboxylic acids is 1. The van der Waals surface area contributed by atoms with Gasteiger partial charge in [-0.15, -0.1) is 0 Å². The van der Waals surface area contributed by atoms with Crippen LogP contribution in [0.15, 0.2) is 28.7 Å². The first-order chi connectivity index (χ1) is 9.69. The van der Waals surface area contributed by atoms with Crippen molar-refractivity contribution in [1.82, 2.24) is 4.90 Å². The summed E-state index contributed by atoms with van der Waals surface area (Å²) in [5.41, 5.74) is 7.10. The molecule has 2 aromatic rings. The maximum absolute atomic E-state index is 11.4. The van der Waals surface area contributed by atoms with E-state index < -0.39 is 5.97 Å². The number of likely N-dealkylation sites (tertiary alicyclic amines) is 1. The Morgan fingerprint density at radius 1 is 1.45 bits per heavy atom. The minimum absolute atomic E-state index is 0.0578. The maximum Gasteiger partial charge on any atom is 0.372 e. The molecule has 20 heavy (non-hydrogen) atoms. The van der Waals surface area contributed by atoms with E-state index >= 15 is 0 Å². The van der Waals surface area contributed by atoms with E-state index in [2.05, 4.69) is 4.90 Å². The van der Waals surface area contributed by atoms with Gasteiger partial charge in [0.2, 0.25) is 5.76 Å². The fraction of sp³-hybridized carbons (Fsp3) is 0.400. The molecule has 1 aliphatic heterocycles. The van der Waals surface area contributed by atoms with Gasteiger partial charge >= 0.3 is 5.97 Å². The molecule has 1 aliphatic rings. The van der Waals surface area contributed by atoms with Gasteiger partial charge in [-0.1, -0.05) is 18.2 Å². The zero-order valence-corrected chi connectivity index (χ0v) is 11.2. The lowest BCUT2D eigenvalue weighted by molar-refractivity contribution is 0.0662. The third-order valence-electron chi connectivity index (χ3n) is 3.98. The average Bonchev–Trinajstić information content (AvgIpc) is 3.04. The molecule has 0 saturated carbocycles. The van der Waals surface area contributed by atoms with Gasteiger partial charge in [-0.05, 0) is 31.5 Å². The van der Waals surface area contributed by atoms with Crippen molar-refractivity contribution in [1.29, 1.82) is 0 Å². The van der Waals surface area contributed by atoms with Crippen LogP contribution in [0.5, 0.6) is 0 Å². The van der Waals surface area contributed by atoms with Gasteiger partial charge in [-0.2, -0.15) is 0 Å². The highest BCUT2D eigenvalue weighted by Crippen LogP contribution is 2.28. The predicted octanol–water partition coefficient (Wildman–Crippen LogP) is 1.91. The molecule has 0 radical (unpaired) electrons. The van der Waals surface area contributed by atoms with Crippen molar-refractivity contribution >= 4 is 16.9 Å². The van der Waals surface area contributed by atoms with Crippen LogP contribution in [0.1, 0.15) is 22.5 Å². The van der Waals surface area contributed by atoms with Crippen LogP contribution in [0.3, 0.4) is 0 Å². The van der Waals surface area contributed by atoms with E-state index in [0.29, 0.717) is 24.6 Å². The van der Waals surface area contributed by atoms with Crippen LogP contribution in [-0.2, 0) is 6.54 Å². The van der Waals surface area contributed by atoms with Gasteiger partial charge < -0.3 is 15.3 Å². The Morgan fingerprint density at radius 3 is 2.95 bits per heavy atom. The number of para-hydroxylation sites is 1. The number of fused-ring (bicyclic) bond motifs is 1. The molecule has 0 amide bonds. The van der Waals surface area contributed by atoms with Crippen LogP contribution >= 0.6 is 0 Å². The van der Waals surface area contributed by atoms with Crippen LogP contribution in [0.25, 0.3) is 11.0 Å². The van der Waals surface area contributed by atoms with Crippen LogP contribution in [-0.4, -0.2) is 35.6 Å². The fourth-order valence-electron chi connectivity index (χ4n) is 2.90. The molecule has 1 aromatic heterocycles. The SMILES string of the molecule is NCC1CCN(Cc2c(C(=O)O)oc3ccccc23)C1. The molecule has 0 bridgehead atoms. The van der Waals surface area contributed by atoms with Gasteiger partial charge in [0.1, 0.15) is 5.58 Å². The highest BCUT2D eigenvalue weighted by Gasteiger charge is 2.26. The Morgan fingerprint density at radius 2 is 2.25 bits per heavy atom. The molecule has 1 atom stereocenters. The number of hydrogen-bond donors (Lipinski definition) is 2. The number of nitrogens with zero attached hydrogens (tertiary/aromatic N) is 1. The van der Waals surface area contributed by atoms with Crippen LogP contribution in [0.2, 0.25) is 0 Å². The normalized spacial score (nSPS) is 19.8. The molecule has 0 aliphatic carbocycles. The first-order valence-electron chi connectivity index (χ1n) is 6.85. The Kier molecular flexibility index (Phi) is 3.46. The fourth-order valence-corrected chi connectivity index (χ4v) is 2.90. The summed E-state index contributed by atoms with van der Waals surface area (Å²) in [4.78, 5) is 13.6. The summed E-state index contributed by atoms with van der Waals surface area (Å²) in [7, 11) is 0. The maximum atomic E-state index is 11.4. The highest BCUT2D eigenvalue weighted by atomic mass is 16.4. The lowest BCUT2D eigenvalue weighted by Crippen LogP contribution is -2.23. The van der Waals surface area contributed by atoms with E-state index in [9.17, 15) is 9.90 Å². The molecule has 1 unspecified atom stereocenters. The quantitative estimate of drug-likeness (QED) is 0.890. The van der Waals surface area contributed by atoms with Crippen LogP contribution in [0.4, 0.5) is 0 Å². The summed E-state index contributed by atoms with van der Waals surface area (Å²) in [6.07, 6.45) is 1.08. The van der Waals surface area contributed by atoms with Gasteiger partial charge in [0.25, 0.3) is 0 Å². The average molecular weight is 274 g/mol. The number of furan rings is 1. The molecule has 5 heteroatoms. The van der Waals surface area contributed by atoms with Gasteiger partial charge in [0.05, 0.1) is 0 Å². The molecule has 0 spiro atoms. The number of nitrogens with two attached hydrogens (primary N) is 1. The lowest BCUT2D eigenvalue weighted by atomic mass is 10.1. The summed E-state index contributed by atoms with van der Waals surface area (Å²) in [6, 6.07) is 7.47. The van der Waals surface area contributed by atoms with E-state index in [1.807, 2.05) is 18.2 Å². The second-order valence-electron chi connectivity index (χ2n) is 5.34. The van der Waals surface area contributed by atoms with E-state index in [1.165, 1.54) is 0 Å². The lowest BCUT2D eigenvalue weighted by Gasteiger charge is -2.15. The van der Waals surface area contributed by atoms with Gasteiger partial charge in [0.15, 0.2) is 0 Å². The number of benzene rings is 1. The first-order valence-corrected chi connectivity index (χ1v) is 6.85. The number of rotatable bonds is 4. The number of aromatic carboxylic acids is 1. The van der Waals surface area contributed by atoms with Crippen molar-refractivity contribution in [2.24, 2.45) is 11.7 Å². The Balaban J connectivity index is 1.93. The van der Waals surface area contributed by atoms with Crippen molar-refractivity contribution in [3.05, 3.63) is 35.6 Å². The van der Waals surface area contributed by atoms with E-state index in [0.717, 1.165) is 30.5 Å². The molecule has 3 rings (SSSR count). The molecular weight excluding hydrogens is 256 g/mol. The van der Waals surface area contributed by atoms with Crippen molar-refractivity contribution in [3.63, 3.8) is 0 Å². The third kappa shape index (κ3) is 2.30. The monoisotopic (exact) mass is 274 g/mol. The topological polar surface area (TPSA) is 79.7 Å². The number of carboxylic acid groups (broad SMARTS) is 1. The van der Waals surface area contributed by atoms with E-state index in [1.54, 1.807) is 6.07 Å². The summed E-state index contributed by atoms with van der Waals surface area (Å²) < 4.78 is 5.47. The molecule has 5 nitrogen and oxygen atoms in total. The molecule has 106 valence electrons. The van der Waals surface area contributed by atoms with Gasteiger partial charge in [-0.25, -0.2) is 4.79 Å². The number of carbonyl (C=O) groups is 1. The van der Waals surface area contributed by atoms with Gasteiger partial charge in [0, 0.05) is 24.0 Å². The first kappa shape index (κ1) is 13.1. The van der Waals surface area contributed by atoms with Crippen molar-refractivity contribution in [2.75, 3.05) is 19.6 Å². The minimum atomic E-state index is -1.01. The summed E-state index contributed by atoms with van der Waals surface area (Å²) >= 11 is 0. The zero-order chi connectivity index (χ0) is 14.1. The predicted molar refractivity (Wildman–Crippen MR) is 75.6 cm³/mol. The summed E-state index contributed by atoms with van der Waals surface area (Å²) in [5, 5.41) is 10.2. The highest BCUT2D eigenvalue weighted by molar-refractivity contribution is 5.95. The van der Waals surface area contributed by atoms with Crippen molar-refractivity contribution < 1.29 is 14.3 Å². The molecular formula is C15H18N2O3. The van der Waals surface area contributed by atoms with Crippen molar-refractivity contribution in [3.8, 4) is 0 Å². The smallest absolute Gasteiger partial charge is 0.372 e. The second-order valence-corrected chi connectivity index (χ2v) is 5.34. The van der Waals surface area contributed by atoms with Crippen LogP contribution in [0, 0.1) is 5.92 Å². The van der Waals surface area contributed by atoms with Gasteiger partial charge in [-0.3, -0.25) is 4.90 Å². The summed E-state index contributed by atoms with van der Waals surface area (Å²) in [6.45, 7) is 3.18. The summed E-state index contributed by atoms with van der Waals surface area (Å²) in [5.74, 6) is -0.436. The molecule has 1 fully saturated rings. The molecule has 3 N–H and O–H groups in total. The second kappa shape index (κ2) is 5.26. The molecule has 1 aromatic carbocycles. The van der Waals surface area contributed by atoms with E-state index in [4.69, 9.17) is 10.2 Å². The standard InChI is InChI=1S/C15H18N2O3/c16-7-10-5-6-17(8-10)9-12-11-3-1-2-4-13(11)20-14(12)15(18)19/h1-4,10H,5-9,16H2,(H,18,19). The Bertz CT molecular complexity index is 635. The minimum Gasteiger partial charge on any atom is -0.475 e. The van der Waals surface area contributed by atoms with Crippen LogP contribution < -0.4 is 5.73 Å². The number of hydrogen-bond acceptors (Lipinski definition) is 4. The van der Waals surface area contributed by atoms with E-state index in [-0.39, 0.29) is 5.76 Å². The largest absolute Gasteiger partial charge is 0.475 e. The molecule has 2 heterocycles. The van der Waals surface area contributed by atoms with Crippen molar-refractivity contribution in [2.45, 2.75) is 13.0 Å².